The van der Waals surface area contributed by atoms with E-state index in [9.17, 15) is 18.0 Å². The van der Waals surface area contributed by atoms with Crippen molar-refractivity contribution in [3.8, 4) is 0 Å². The second-order valence-corrected chi connectivity index (χ2v) is 7.17. The molecule has 1 aliphatic heterocycles. The number of rotatable bonds is 4. The number of primary sulfonamides is 1. The van der Waals surface area contributed by atoms with Crippen molar-refractivity contribution in [1.29, 1.82) is 0 Å². The van der Waals surface area contributed by atoms with Gasteiger partial charge in [-0.3, -0.25) is 9.59 Å². The molecule has 0 aliphatic carbocycles. The Morgan fingerprint density at radius 2 is 2.14 bits per heavy atom. The van der Waals surface area contributed by atoms with Gasteiger partial charge in [-0.1, -0.05) is 13.0 Å². The number of anilines is 2. The Hall–Kier alpha value is -1.93. The van der Waals surface area contributed by atoms with E-state index in [1.807, 2.05) is 6.92 Å². The molecule has 3 N–H and O–H groups in total. The Labute approximate surface area is 129 Å². The molecule has 1 aliphatic rings. The predicted molar refractivity (Wildman–Crippen MR) is 84.0 cm³/mol. The molecule has 0 radical (unpaired) electrons. The van der Waals surface area contributed by atoms with Crippen LogP contribution in [-0.2, 0) is 19.6 Å². The number of carbonyl (C=O) groups is 2. The van der Waals surface area contributed by atoms with Crippen molar-refractivity contribution in [3.05, 3.63) is 23.8 Å². The summed E-state index contributed by atoms with van der Waals surface area (Å²) in [6, 6.07) is 5.19. The van der Waals surface area contributed by atoms with Gasteiger partial charge in [-0.05, 0) is 24.6 Å². The summed E-state index contributed by atoms with van der Waals surface area (Å²) in [5.41, 5.74) is 1.97. The molecule has 0 saturated carbocycles. The second kappa shape index (κ2) is 6.05. The highest BCUT2D eigenvalue weighted by Gasteiger charge is 2.37. The van der Waals surface area contributed by atoms with E-state index in [1.54, 1.807) is 25.1 Å². The number of aryl methyl sites for hydroxylation is 1. The van der Waals surface area contributed by atoms with Gasteiger partial charge in [0.15, 0.2) is 0 Å². The van der Waals surface area contributed by atoms with Gasteiger partial charge in [0.05, 0.1) is 0 Å². The van der Waals surface area contributed by atoms with Crippen molar-refractivity contribution in [1.82, 2.24) is 0 Å². The Kier molecular flexibility index (Phi) is 4.52. The van der Waals surface area contributed by atoms with Crippen LogP contribution in [0.25, 0.3) is 0 Å². The zero-order valence-electron chi connectivity index (χ0n) is 12.5. The van der Waals surface area contributed by atoms with Crippen LogP contribution in [0.1, 0.15) is 25.3 Å². The molecule has 120 valence electrons. The minimum atomic E-state index is -3.75. The number of nitrogens with two attached hydrogens (primary N) is 1. The number of carbonyl (C=O) groups excluding carboxylic acids is 2. The third-order valence-electron chi connectivity index (χ3n) is 3.66. The quantitative estimate of drug-likeness (QED) is 0.850. The molecule has 1 aromatic carbocycles. The van der Waals surface area contributed by atoms with E-state index in [4.69, 9.17) is 5.14 Å². The van der Waals surface area contributed by atoms with E-state index in [0.717, 1.165) is 5.56 Å². The van der Waals surface area contributed by atoms with Gasteiger partial charge in [0.1, 0.15) is 5.25 Å². The van der Waals surface area contributed by atoms with Crippen LogP contribution in [-0.4, -0.2) is 32.0 Å². The second-order valence-electron chi connectivity index (χ2n) is 5.32. The molecule has 1 saturated heterocycles. The Balaban J connectivity index is 2.30. The van der Waals surface area contributed by atoms with Gasteiger partial charge in [-0.25, -0.2) is 13.6 Å². The average molecular weight is 325 g/mol. The van der Waals surface area contributed by atoms with Crippen LogP contribution in [0.3, 0.4) is 0 Å². The third-order valence-corrected chi connectivity index (χ3v) is 4.90. The van der Waals surface area contributed by atoms with E-state index in [-0.39, 0.29) is 24.8 Å². The summed E-state index contributed by atoms with van der Waals surface area (Å²) >= 11 is 0. The SMILES string of the molecule is CCC(=O)Nc1ccc(C)c(N2CC(S(N)(=O)=O)CC2=O)c1. The normalized spacial score (nSPS) is 18.6. The average Bonchev–Trinajstić information content (AvgIpc) is 2.83. The maximum atomic E-state index is 12.1. The summed E-state index contributed by atoms with van der Waals surface area (Å²) in [5, 5.41) is 6.96. The van der Waals surface area contributed by atoms with Gasteiger partial charge in [-0.15, -0.1) is 0 Å². The van der Waals surface area contributed by atoms with Crippen molar-refractivity contribution in [2.45, 2.75) is 31.9 Å². The minimum Gasteiger partial charge on any atom is -0.326 e. The highest BCUT2D eigenvalue weighted by Crippen LogP contribution is 2.29. The van der Waals surface area contributed by atoms with E-state index in [2.05, 4.69) is 5.32 Å². The topological polar surface area (TPSA) is 110 Å². The van der Waals surface area contributed by atoms with Crippen LogP contribution < -0.4 is 15.4 Å². The Morgan fingerprint density at radius 3 is 2.68 bits per heavy atom. The molecule has 0 spiro atoms. The molecule has 1 aromatic rings. The van der Waals surface area contributed by atoms with Gasteiger partial charge < -0.3 is 10.2 Å². The summed E-state index contributed by atoms with van der Waals surface area (Å²) in [7, 11) is -3.75. The first-order valence-electron chi connectivity index (χ1n) is 6.95. The lowest BCUT2D eigenvalue weighted by molar-refractivity contribution is -0.117. The van der Waals surface area contributed by atoms with Gasteiger partial charge in [0, 0.05) is 30.8 Å². The lowest BCUT2D eigenvalue weighted by Crippen LogP contribution is -2.32. The molecule has 1 unspecified atom stereocenters. The lowest BCUT2D eigenvalue weighted by atomic mass is 10.1. The number of benzene rings is 1. The first kappa shape index (κ1) is 16.4. The maximum Gasteiger partial charge on any atom is 0.228 e. The molecule has 1 fully saturated rings. The molecule has 7 nitrogen and oxygen atoms in total. The lowest BCUT2D eigenvalue weighted by Gasteiger charge is -2.20. The minimum absolute atomic E-state index is 0.0314. The van der Waals surface area contributed by atoms with E-state index in [0.29, 0.717) is 17.8 Å². The molecule has 0 aromatic heterocycles. The third kappa shape index (κ3) is 3.45. The maximum absolute atomic E-state index is 12.1. The molecular formula is C14H19N3O4S. The highest BCUT2D eigenvalue weighted by molar-refractivity contribution is 7.89. The molecule has 0 bridgehead atoms. The molecule has 2 amide bonds. The van der Waals surface area contributed by atoms with Crippen LogP contribution in [0.2, 0.25) is 0 Å². The standard InChI is InChI=1S/C14H19N3O4S/c1-3-13(18)16-10-5-4-9(2)12(6-10)17-8-11(7-14(17)19)22(15,20)21/h4-6,11H,3,7-8H2,1-2H3,(H,16,18)(H2,15,20,21). The molecule has 22 heavy (non-hydrogen) atoms. The van der Waals surface area contributed by atoms with Gasteiger partial charge in [0.25, 0.3) is 0 Å². The highest BCUT2D eigenvalue weighted by atomic mass is 32.2. The van der Waals surface area contributed by atoms with E-state index < -0.39 is 15.3 Å². The number of nitrogens with one attached hydrogen (secondary N) is 1. The smallest absolute Gasteiger partial charge is 0.228 e. The number of hydrogen-bond acceptors (Lipinski definition) is 4. The van der Waals surface area contributed by atoms with Gasteiger partial charge >= 0.3 is 0 Å². The van der Waals surface area contributed by atoms with Crippen molar-refractivity contribution in [2.75, 3.05) is 16.8 Å². The summed E-state index contributed by atoms with van der Waals surface area (Å²) in [5.74, 6) is -0.425. The van der Waals surface area contributed by atoms with Crippen LogP contribution in [0, 0.1) is 6.92 Å². The fourth-order valence-corrected chi connectivity index (χ4v) is 3.09. The van der Waals surface area contributed by atoms with Crippen LogP contribution >= 0.6 is 0 Å². The van der Waals surface area contributed by atoms with Crippen molar-refractivity contribution >= 4 is 33.2 Å². The molecular weight excluding hydrogens is 306 g/mol. The Morgan fingerprint density at radius 1 is 1.45 bits per heavy atom. The van der Waals surface area contributed by atoms with Crippen molar-refractivity contribution in [3.63, 3.8) is 0 Å². The Bertz CT molecular complexity index is 715. The molecule has 8 heteroatoms. The molecule has 1 heterocycles. The van der Waals surface area contributed by atoms with E-state index >= 15 is 0 Å². The summed E-state index contributed by atoms with van der Waals surface area (Å²) in [6.45, 7) is 3.59. The van der Waals surface area contributed by atoms with Crippen molar-refractivity contribution < 1.29 is 18.0 Å². The van der Waals surface area contributed by atoms with Gasteiger partial charge in [0.2, 0.25) is 21.8 Å². The van der Waals surface area contributed by atoms with Crippen molar-refractivity contribution in [2.24, 2.45) is 5.14 Å². The molecule has 1 atom stereocenters. The summed E-state index contributed by atoms with van der Waals surface area (Å²) < 4.78 is 22.9. The first-order chi connectivity index (χ1) is 10.2. The summed E-state index contributed by atoms with van der Waals surface area (Å²) in [6.07, 6.45) is 0.225. The van der Waals surface area contributed by atoms with Crippen LogP contribution in [0.5, 0.6) is 0 Å². The zero-order chi connectivity index (χ0) is 16.5. The summed E-state index contributed by atoms with van der Waals surface area (Å²) in [4.78, 5) is 25.0. The first-order valence-corrected chi connectivity index (χ1v) is 8.55. The number of nitrogens with zero attached hydrogens (tertiary/aromatic N) is 1. The fourth-order valence-electron chi connectivity index (χ4n) is 2.36. The number of sulfonamides is 1. The van der Waals surface area contributed by atoms with Crippen LogP contribution in [0.4, 0.5) is 11.4 Å². The van der Waals surface area contributed by atoms with Gasteiger partial charge in [-0.2, -0.15) is 0 Å². The fraction of sp³-hybridized carbons (Fsp3) is 0.429. The monoisotopic (exact) mass is 325 g/mol. The van der Waals surface area contributed by atoms with Crippen LogP contribution in [0.15, 0.2) is 18.2 Å². The largest absolute Gasteiger partial charge is 0.326 e. The predicted octanol–water partition coefficient (Wildman–Crippen LogP) is 0.737. The zero-order valence-corrected chi connectivity index (χ0v) is 13.3. The number of hydrogen-bond donors (Lipinski definition) is 2. The number of amides is 2. The molecule has 2 rings (SSSR count). The van der Waals surface area contributed by atoms with E-state index in [1.165, 1.54) is 4.90 Å².